The fourth-order valence-electron chi connectivity index (χ4n) is 10.4. The summed E-state index contributed by atoms with van der Waals surface area (Å²) in [6.45, 7) is 0. The lowest BCUT2D eigenvalue weighted by Crippen LogP contribution is -2.11. The maximum absolute atomic E-state index is 6.20. The third kappa shape index (κ3) is 6.51. The van der Waals surface area contributed by atoms with Gasteiger partial charge in [0.1, 0.15) is 11.2 Å². The minimum atomic E-state index is 0.897. The Morgan fingerprint density at radius 3 is 1.75 bits per heavy atom. The standard InChI is InChI=1S/C64H42N2O/c1-3-17-44(18-4-1)51-28-14-19-45-20-15-30-55(63(45)51)53-25-7-10-31-58(53)65(49-38-35-43(36-39-49)46-37-40-62-57(42-46)54-26-9-12-34-61(54)67-62)50-24-13-21-47(41-50)52-29-16-33-60-64(52)56-27-8-11-32-59(56)66(60)48-22-5-2-6-23-48/h1-42H. The van der Waals surface area contributed by atoms with Crippen LogP contribution in [0.5, 0.6) is 0 Å². The van der Waals surface area contributed by atoms with E-state index in [1.54, 1.807) is 0 Å². The molecular formula is C64H42N2O. The molecule has 0 radical (unpaired) electrons. The highest BCUT2D eigenvalue weighted by atomic mass is 16.3. The maximum atomic E-state index is 6.20. The monoisotopic (exact) mass is 854 g/mol. The highest BCUT2D eigenvalue weighted by molar-refractivity contribution is 6.16. The van der Waals surface area contributed by atoms with Crippen molar-refractivity contribution in [3.63, 3.8) is 0 Å². The van der Waals surface area contributed by atoms with Crippen LogP contribution in [0.4, 0.5) is 17.1 Å². The van der Waals surface area contributed by atoms with Gasteiger partial charge in [-0.15, -0.1) is 0 Å². The van der Waals surface area contributed by atoms with Crippen LogP contribution < -0.4 is 4.90 Å². The molecule has 13 rings (SSSR count). The lowest BCUT2D eigenvalue weighted by Gasteiger charge is -2.29. The van der Waals surface area contributed by atoms with Crippen molar-refractivity contribution in [2.75, 3.05) is 4.90 Å². The number of hydrogen-bond acceptors (Lipinski definition) is 2. The number of benzene rings is 11. The van der Waals surface area contributed by atoms with Crippen LogP contribution >= 0.6 is 0 Å². The minimum absolute atomic E-state index is 0.897. The van der Waals surface area contributed by atoms with Gasteiger partial charge in [0.2, 0.25) is 0 Å². The van der Waals surface area contributed by atoms with Crippen molar-refractivity contribution in [3.05, 3.63) is 255 Å². The van der Waals surface area contributed by atoms with Crippen LogP contribution in [-0.2, 0) is 0 Å². The molecule has 0 bridgehead atoms. The second kappa shape index (κ2) is 16.0. The molecule has 0 saturated heterocycles. The Labute approximate surface area is 388 Å². The summed E-state index contributed by atoms with van der Waals surface area (Å²) in [6, 6.07) is 92.1. The third-order valence-corrected chi connectivity index (χ3v) is 13.4. The summed E-state index contributed by atoms with van der Waals surface area (Å²) in [7, 11) is 0. The van der Waals surface area contributed by atoms with E-state index in [1.807, 2.05) is 12.1 Å². The summed E-state index contributed by atoms with van der Waals surface area (Å²) in [5.74, 6) is 0. The van der Waals surface area contributed by atoms with Gasteiger partial charge in [0.15, 0.2) is 0 Å². The summed E-state index contributed by atoms with van der Waals surface area (Å²) in [5, 5.41) is 7.15. The highest BCUT2D eigenvalue weighted by Gasteiger charge is 2.22. The molecule has 0 aliphatic rings. The van der Waals surface area contributed by atoms with Crippen molar-refractivity contribution in [3.8, 4) is 50.2 Å². The number of para-hydroxylation sites is 4. The van der Waals surface area contributed by atoms with E-state index >= 15 is 0 Å². The predicted octanol–water partition coefficient (Wildman–Crippen LogP) is 18.0. The Morgan fingerprint density at radius 2 is 0.910 bits per heavy atom. The molecule has 0 saturated carbocycles. The zero-order valence-corrected chi connectivity index (χ0v) is 36.6. The first-order valence-electron chi connectivity index (χ1n) is 22.9. The van der Waals surface area contributed by atoms with Crippen molar-refractivity contribution in [2.45, 2.75) is 0 Å². The fraction of sp³-hybridized carbons (Fsp3) is 0. The van der Waals surface area contributed by atoms with Crippen LogP contribution in [0.2, 0.25) is 0 Å². The Bertz CT molecular complexity index is 3970. The Kier molecular flexibility index (Phi) is 9.17. The zero-order chi connectivity index (χ0) is 44.3. The molecule has 0 unspecified atom stereocenters. The minimum Gasteiger partial charge on any atom is -0.456 e. The second-order valence-corrected chi connectivity index (χ2v) is 17.2. The first kappa shape index (κ1) is 38.5. The van der Waals surface area contributed by atoms with Gasteiger partial charge in [0.25, 0.3) is 0 Å². The van der Waals surface area contributed by atoms with Gasteiger partial charge in [-0.2, -0.15) is 0 Å². The average molecular weight is 855 g/mol. The average Bonchev–Trinajstić information content (AvgIpc) is 3.95. The Hall–Kier alpha value is -8.92. The van der Waals surface area contributed by atoms with Crippen LogP contribution in [0, 0.1) is 0 Å². The summed E-state index contributed by atoms with van der Waals surface area (Å²) < 4.78 is 8.59. The highest BCUT2D eigenvalue weighted by Crippen LogP contribution is 2.47. The zero-order valence-electron chi connectivity index (χ0n) is 36.6. The molecule has 0 spiro atoms. The number of furan rings is 1. The summed E-state index contributed by atoms with van der Waals surface area (Å²) in [5.41, 5.74) is 17.9. The van der Waals surface area contributed by atoms with E-state index in [1.165, 1.54) is 54.8 Å². The molecule has 11 aromatic carbocycles. The number of hydrogen-bond donors (Lipinski definition) is 0. The predicted molar refractivity (Wildman–Crippen MR) is 282 cm³/mol. The van der Waals surface area contributed by atoms with Crippen LogP contribution in [0.1, 0.15) is 0 Å². The molecule has 2 heterocycles. The van der Waals surface area contributed by atoms with Gasteiger partial charge in [-0.05, 0) is 123 Å². The van der Waals surface area contributed by atoms with Crippen molar-refractivity contribution in [1.82, 2.24) is 4.57 Å². The van der Waals surface area contributed by atoms with Gasteiger partial charge >= 0.3 is 0 Å². The molecule has 13 aromatic rings. The first-order chi connectivity index (χ1) is 33.2. The number of nitrogens with zero attached hydrogens (tertiary/aromatic N) is 2. The molecule has 0 atom stereocenters. The van der Waals surface area contributed by atoms with E-state index in [2.05, 4.69) is 252 Å². The normalized spacial score (nSPS) is 11.6. The molecule has 0 amide bonds. The number of anilines is 3. The Balaban J connectivity index is 1.01. The second-order valence-electron chi connectivity index (χ2n) is 17.2. The molecule has 0 aliphatic carbocycles. The molecular weight excluding hydrogens is 813 g/mol. The molecule has 3 nitrogen and oxygen atoms in total. The van der Waals surface area contributed by atoms with Gasteiger partial charge in [-0.1, -0.05) is 182 Å². The quantitative estimate of drug-likeness (QED) is 0.152. The van der Waals surface area contributed by atoms with E-state index in [4.69, 9.17) is 4.42 Å². The van der Waals surface area contributed by atoms with E-state index in [0.717, 1.165) is 66.9 Å². The maximum Gasteiger partial charge on any atom is 0.135 e. The van der Waals surface area contributed by atoms with Crippen molar-refractivity contribution >= 4 is 71.6 Å². The van der Waals surface area contributed by atoms with E-state index in [-0.39, 0.29) is 0 Å². The van der Waals surface area contributed by atoms with Crippen LogP contribution in [0.25, 0.3) is 105 Å². The summed E-state index contributed by atoms with van der Waals surface area (Å²) in [4.78, 5) is 2.44. The Morgan fingerprint density at radius 1 is 0.313 bits per heavy atom. The van der Waals surface area contributed by atoms with Gasteiger partial charge in [-0.25, -0.2) is 0 Å². The van der Waals surface area contributed by atoms with E-state index in [9.17, 15) is 0 Å². The largest absolute Gasteiger partial charge is 0.456 e. The van der Waals surface area contributed by atoms with Crippen molar-refractivity contribution < 1.29 is 4.42 Å². The summed E-state index contributed by atoms with van der Waals surface area (Å²) >= 11 is 0. The summed E-state index contributed by atoms with van der Waals surface area (Å²) in [6.07, 6.45) is 0. The molecule has 3 heteroatoms. The van der Waals surface area contributed by atoms with Crippen LogP contribution in [0.3, 0.4) is 0 Å². The van der Waals surface area contributed by atoms with Gasteiger partial charge in [0.05, 0.1) is 16.7 Å². The van der Waals surface area contributed by atoms with Gasteiger partial charge in [-0.3, -0.25) is 0 Å². The molecule has 0 aliphatic heterocycles. The smallest absolute Gasteiger partial charge is 0.135 e. The number of rotatable bonds is 8. The van der Waals surface area contributed by atoms with Crippen molar-refractivity contribution in [1.29, 1.82) is 0 Å². The van der Waals surface area contributed by atoms with Crippen LogP contribution in [-0.4, -0.2) is 4.57 Å². The number of aromatic nitrogens is 1. The van der Waals surface area contributed by atoms with E-state index in [0.29, 0.717) is 0 Å². The number of fused-ring (bicyclic) bond motifs is 7. The molecule has 2 aromatic heterocycles. The van der Waals surface area contributed by atoms with Gasteiger partial charge in [0, 0.05) is 44.2 Å². The molecule has 0 N–H and O–H groups in total. The topological polar surface area (TPSA) is 21.3 Å². The lowest BCUT2D eigenvalue weighted by molar-refractivity contribution is 0.669. The van der Waals surface area contributed by atoms with Crippen molar-refractivity contribution in [2.24, 2.45) is 0 Å². The van der Waals surface area contributed by atoms with E-state index < -0.39 is 0 Å². The van der Waals surface area contributed by atoms with Crippen LogP contribution in [0.15, 0.2) is 259 Å². The SMILES string of the molecule is c1ccc(-c2cccc3cccc(-c4ccccc4N(c4ccc(-c5ccc6oc7ccccc7c6c5)cc4)c4cccc(-c5cccc6c5c5ccccc5n6-c5ccccc5)c4)c23)cc1. The van der Waals surface area contributed by atoms with Gasteiger partial charge < -0.3 is 13.9 Å². The molecule has 314 valence electrons. The fourth-order valence-corrected chi connectivity index (χ4v) is 10.4. The lowest BCUT2D eigenvalue weighted by atomic mass is 9.90. The molecule has 0 fully saturated rings. The third-order valence-electron chi connectivity index (χ3n) is 13.4. The first-order valence-corrected chi connectivity index (χ1v) is 22.9. The molecule has 67 heavy (non-hydrogen) atoms.